The van der Waals surface area contributed by atoms with Gasteiger partial charge in [0.05, 0.1) is 6.42 Å². The molecule has 1 amide bonds. The number of nitrogens with two attached hydrogens (primary N) is 1. The number of carbonyl (C=O) groups is 4. The molecule has 2 rings (SSSR count). The van der Waals surface area contributed by atoms with Gasteiger partial charge in [-0.15, -0.1) is 0 Å². The van der Waals surface area contributed by atoms with Crippen molar-refractivity contribution in [3.8, 4) is 0 Å². The zero-order chi connectivity index (χ0) is 40.8. The number of carbonyl (C=O) groups excluding carboxylic acids is 3. The Morgan fingerprint density at radius 1 is 0.654 bits per heavy atom. The molecule has 0 spiro atoms. The number of halogens is 6. The molecule has 11 nitrogen and oxygen atoms in total. The molecule has 2 aromatic carbocycles. The first-order valence-electron chi connectivity index (χ1n) is 15.9. The maximum atomic E-state index is 13.6. The van der Waals surface area contributed by atoms with Crippen LogP contribution in [-0.2, 0) is 36.6 Å². The molecule has 294 valence electrons. The fourth-order valence-electron chi connectivity index (χ4n) is 3.67. The molecule has 0 fully saturated rings. The number of rotatable bonds is 8. The number of carboxylic acids is 1. The van der Waals surface area contributed by atoms with E-state index in [-0.39, 0.29) is 30.4 Å². The van der Waals surface area contributed by atoms with Gasteiger partial charge in [0.25, 0.3) is 0 Å². The summed E-state index contributed by atoms with van der Waals surface area (Å²) in [6.45, 7) is 17.0. The van der Waals surface area contributed by atoms with Crippen LogP contribution < -0.4 is 11.1 Å². The molecule has 0 unspecified atom stereocenters. The Labute approximate surface area is 299 Å². The van der Waals surface area contributed by atoms with Gasteiger partial charge in [0.1, 0.15) is 28.4 Å². The number of carboxylic acid groups (broad SMARTS) is 1. The third kappa shape index (κ3) is 21.6. The Morgan fingerprint density at radius 3 is 1.37 bits per heavy atom. The zero-order valence-electron chi connectivity index (χ0n) is 30.9. The quantitative estimate of drug-likeness (QED) is 0.0786. The minimum atomic E-state index is -1.28. The topological polar surface area (TPSA) is 163 Å². The Morgan fingerprint density at radius 2 is 1.02 bits per heavy atom. The normalized spacial score (nSPS) is 12.5. The first kappa shape index (κ1) is 47.5. The highest BCUT2D eigenvalue weighted by Gasteiger charge is 2.25. The standard InChI is InChI=1S/C15H20F3NO2.C10H10F3NO2.C10H18O5/c1-5-10(19-14(20)21-15(2,3)4)6-9-7-12(17)13(18)8-11(9)16;11-7-4-9(13)8(12)2-5(7)1-6(14)3-10(15)16;1-9(2,3)14-7(11)13-8(12)15-10(4,5)6/h7-8,10H,5-6H2,1-4H3,(H,19,20);2,4,6H,1,3,14H2,(H,15,16);1-6H3/t10-;6-;/m01./s1. The van der Waals surface area contributed by atoms with Crippen molar-refractivity contribution in [2.45, 2.75) is 124 Å². The molecule has 0 aliphatic carbocycles. The van der Waals surface area contributed by atoms with Crippen molar-refractivity contribution < 1.29 is 69.6 Å². The van der Waals surface area contributed by atoms with E-state index in [2.05, 4.69) is 10.1 Å². The Bertz CT molecular complexity index is 1490. The van der Waals surface area contributed by atoms with Crippen molar-refractivity contribution >= 4 is 24.4 Å². The van der Waals surface area contributed by atoms with Crippen molar-refractivity contribution in [1.82, 2.24) is 5.32 Å². The van der Waals surface area contributed by atoms with E-state index >= 15 is 0 Å². The van der Waals surface area contributed by atoms with Gasteiger partial charge in [-0.3, -0.25) is 4.79 Å². The van der Waals surface area contributed by atoms with E-state index in [9.17, 15) is 45.5 Å². The summed E-state index contributed by atoms with van der Waals surface area (Å²) < 4.78 is 97.0. The summed E-state index contributed by atoms with van der Waals surface area (Å²) in [5.41, 5.74) is 3.25. The van der Waals surface area contributed by atoms with Crippen molar-refractivity contribution in [3.63, 3.8) is 0 Å². The summed E-state index contributed by atoms with van der Waals surface area (Å²) in [4.78, 5) is 44.0. The van der Waals surface area contributed by atoms with Crippen LogP contribution in [0.1, 0.15) is 93.2 Å². The molecular weight excluding hydrogens is 706 g/mol. The Kier molecular flexibility index (Phi) is 18.7. The summed E-state index contributed by atoms with van der Waals surface area (Å²) in [6, 6.07) is 1.15. The number of alkyl carbamates (subject to hydrolysis) is 1. The second-order valence-electron chi connectivity index (χ2n) is 14.3. The molecule has 4 N–H and O–H groups in total. The number of hydrogen-bond donors (Lipinski definition) is 3. The van der Waals surface area contributed by atoms with Crippen LogP contribution in [-0.4, -0.2) is 58.4 Å². The van der Waals surface area contributed by atoms with Gasteiger partial charge in [-0.2, -0.15) is 0 Å². The van der Waals surface area contributed by atoms with Crippen molar-refractivity contribution in [3.05, 3.63) is 70.3 Å². The molecule has 0 aliphatic rings. The van der Waals surface area contributed by atoms with Crippen LogP contribution in [0.25, 0.3) is 0 Å². The van der Waals surface area contributed by atoms with E-state index in [0.717, 1.165) is 6.07 Å². The number of aliphatic carboxylic acids is 1. The lowest BCUT2D eigenvalue weighted by Gasteiger charge is -2.23. The van der Waals surface area contributed by atoms with Crippen LogP contribution in [0.4, 0.5) is 40.7 Å². The molecule has 2 aromatic rings. The number of nitrogens with one attached hydrogen (secondary N) is 1. The average molecular weight is 755 g/mol. The van der Waals surface area contributed by atoms with Gasteiger partial charge in [0.2, 0.25) is 0 Å². The third-order valence-corrected chi connectivity index (χ3v) is 5.72. The predicted octanol–water partition coefficient (Wildman–Crippen LogP) is 8.27. The average Bonchev–Trinajstić information content (AvgIpc) is 2.91. The first-order valence-corrected chi connectivity index (χ1v) is 15.9. The predicted molar refractivity (Wildman–Crippen MR) is 177 cm³/mol. The van der Waals surface area contributed by atoms with Gasteiger partial charge in [-0.25, -0.2) is 40.7 Å². The fraction of sp³-hybridized carbons (Fsp3) is 0.543. The maximum absolute atomic E-state index is 13.6. The molecule has 52 heavy (non-hydrogen) atoms. The van der Waals surface area contributed by atoms with E-state index in [0.29, 0.717) is 24.6 Å². The van der Waals surface area contributed by atoms with Gasteiger partial charge >= 0.3 is 24.4 Å². The van der Waals surface area contributed by atoms with Crippen molar-refractivity contribution in [1.29, 1.82) is 0 Å². The number of amides is 1. The minimum Gasteiger partial charge on any atom is -0.481 e. The van der Waals surface area contributed by atoms with Gasteiger partial charge < -0.3 is 35.1 Å². The lowest BCUT2D eigenvalue weighted by atomic mass is 10.0. The molecule has 0 heterocycles. The van der Waals surface area contributed by atoms with Crippen LogP contribution in [0.15, 0.2) is 24.3 Å². The molecule has 0 aromatic heterocycles. The fourth-order valence-corrected chi connectivity index (χ4v) is 3.67. The maximum Gasteiger partial charge on any atom is 0.519 e. The Hall–Kier alpha value is -4.54. The monoisotopic (exact) mass is 754 g/mol. The van der Waals surface area contributed by atoms with E-state index < -0.39 is 88.2 Å². The van der Waals surface area contributed by atoms with Crippen molar-refractivity contribution in [2.75, 3.05) is 0 Å². The molecule has 0 aliphatic heterocycles. The number of ether oxygens (including phenoxy) is 4. The molecule has 0 radical (unpaired) electrons. The van der Waals surface area contributed by atoms with Crippen LogP contribution in [0, 0.1) is 34.9 Å². The van der Waals surface area contributed by atoms with Gasteiger partial charge in [0, 0.05) is 24.2 Å². The summed E-state index contributed by atoms with van der Waals surface area (Å²) in [5.74, 6) is -7.71. The van der Waals surface area contributed by atoms with E-state index in [4.69, 9.17) is 25.1 Å². The largest absolute Gasteiger partial charge is 0.519 e. The molecule has 17 heteroatoms. The highest BCUT2D eigenvalue weighted by Crippen LogP contribution is 2.18. The SMILES string of the molecule is CC(C)(C)OC(=O)OC(=O)OC(C)(C)C.CC[C@@H](Cc1cc(F)c(F)cc1F)NC(=O)OC(C)(C)C.N[C@@H](CC(=O)O)Cc1cc(F)c(F)cc1F. The molecular formula is C35H48F6N2O9. The number of benzene rings is 2. The smallest absolute Gasteiger partial charge is 0.481 e. The lowest BCUT2D eigenvalue weighted by molar-refractivity contribution is -0.137. The van der Waals surface area contributed by atoms with Crippen molar-refractivity contribution in [2.24, 2.45) is 5.73 Å². The number of hydrogen-bond acceptors (Lipinski definition) is 9. The van der Waals surface area contributed by atoms with Gasteiger partial charge in [0.15, 0.2) is 23.3 Å². The molecule has 2 atom stereocenters. The summed E-state index contributed by atoms with van der Waals surface area (Å²) >= 11 is 0. The van der Waals surface area contributed by atoms with Crippen LogP contribution in [0.5, 0.6) is 0 Å². The summed E-state index contributed by atoms with van der Waals surface area (Å²) in [5, 5.41) is 11.0. The van der Waals surface area contributed by atoms with Gasteiger partial charge in [-0.05, 0) is 105 Å². The van der Waals surface area contributed by atoms with E-state index in [1.165, 1.54) is 0 Å². The summed E-state index contributed by atoms with van der Waals surface area (Å²) in [6.07, 6.45) is -2.71. The minimum absolute atomic E-state index is 0.0109. The lowest BCUT2D eigenvalue weighted by Crippen LogP contribution is -2.40. The Balaban J connectivity index is 0.000000765. The second kappa shape index (κ2) is 20.5. The van der Waals surface area contributed by atoms with Crippen LogP contribution >= 0.6 is 0 Å². The highest BCUT2D eigenvalue weighted by atomic mass is 19.2. The molecule has 0 saturated carbocycles. The van der Waals surface area contributed by atoms with Crippen LogP contribution in [0.2, 0.25) is 0 Å². The zero-order valence-corrected chi connectivity index (χ0v) is 30.9. The van der Waals surface area contributed by atoms with E-state index in [1.54, 1.807) is 69.2 Å². The molecule has 0 saturated heterocycles. The van der Waals surface area contributed by atoms with Crippen LogP contribution in [0.3, 0.4) is 0 Å². The third-order valence-electron chi connectivity index (χ3n) is 5.72. The second-order valence-corrected chi connectivity index (χ2v) is 14.3. The summed E-state index contributed by atoms with van der Waals surface area (Å²) in [7, 11) is 0. The molecule has 0 bridgehead atoms. The van der Waals surface area contributed by atoms with E-state index in [1.807, 2.05) is 0 Å². The first-order chi connectivity index (χ1) is 23.5. The van der Waals surface area contributed by atoms with Gasteiger partial charge in [-0.1, -0.05) is 6.92 Å². The highest BCUT2D eigenvalue weighted by molar-refractivity contribution is 5.77.